The fourth-order valence-corrected chi connectivity index (χ4v) is 2.47. The number of H-pyrrole nitrogens is 1. The highest BCUT2D eigenvalue weighted by atomic mass is 32.2. The molecule has 1 aromatic heterocycles. The van der Waals surface area contributed by atoms with E-state index >= 15 is 0 Å². The number of rotatable bonds is 4. The number of carbonyl (C=O) groups is 3. The summed E-state index contributed by atoms with van der Waals surface area (Å²) in [7, 11) is 0. The third-order valence-electron chi connectivity index (χ3n) is 2.44. The number of hydrogen-bond donors (Lipinski definition) is 1. The Hall–Kier alpha value is -2.02. The maximum atomic E-state index is 12.1. The molecule has 1 aromatic rings. The number of hydrogen-bond acceptors (Lipinski definition) is 5. The van der Waals surface area contributed by atoms with Gasteiger partial charge in [-0.2, -0.15) is 0 Å². The lowest BCUT2D eigenvalue weighted by Crippen LogP contribution is -2.35. The van der Waals surface area contributed by atoms with Gasteiger partial charge in [0.15, 0.2) is 0 Å². The van der Waals surface area contributed by atoms with Gasteiger partial charge in [-0.3, -0.25) is 19.3 Å². The van der Waals surface area contributed by atoms with Gasteiger partial charge in [0.2, 0.25) is 0 Å². The van der Waals surface area contributed by atoms with Crippen molar-refractivity contribution in [3.05, 3.63) is 28.9 Å². The Labute approximate surface area is 120 Å². The van der Waals surface area contributed by atoms with Crippen LogP contribution in [-0.2, 0) is 14.3 Å². The lowest BCUT2D eigenvalue weighted by atomic mass is 10.3. The lowest BCUT2D eigenvalue weighted by molar-refractivity contribution is -0.149. The van der Waals surface area contributed by atoms with Crippen molar-refractivity contribution in [1.82, 2.24) is 9.88 Å². The first-order chi connectivity index (χ1) is 9.47. The minimum Gasteiger partial charge on any atom is -0.462 e. The van der Waals surface area contributed by atoms with E-state index in [0.29, 0.717) is 0 Å². The average molecular weight is 294 g/mol. The standard InChI is InChI=1S/C13H14N2O4S/c1-8(2)19-11(16)7-15-12(17)10(20-13(15)18)6-9-4-3-5-14-9/h3-6,8,14H,7H2,1-2H3/b10-6+. The van der Waals surface area contributed by atoms with Crippen LogP contribution in [0.15, 0.2) is 23.2 Å². The number of imide groups is 1. The Morgan fingerprint density at radius 2 is 2.25 bits per heavy atom. The Bertz CT molecular complexity index is 563. The van der Waals surface area contributed by atoms with E-state index in [-0.39, 0.29) is 17.6 Å². The van der Waals surface area contributed by atoms with E-state index < -0.39 is 17.1 Å². The van der Waals surface area contributed by atoms with Crippen LogP contribution in [0.5, 0.6) is 0 Å². The molecule has 1 aliphatic heterocycles. The Balaban J connectivity index is 2.07. The van der Waals surface area contributed by atoms with Gasteiger partial charge in [0.1, 0.15) is 6.54 Å². The number of ether oxygens (including phenoxy) is 1. The summed E-state index contributed by atoms with van der Waals surface area (Å²) in [6.45, 7) is 3.05. The van der Waals surface area contributed by atoms with Crippen molar-refractivity contribution < 1.29 is 19.1 Å². The summed E-state index contributed by atoms with van der Waals surface area (Å²) in [6, 6.07) is 3.57. The molecule has 0 spiro atoms. The molecule has 2 amide bonds. The summed E-state index contributed by atoms with van der Waals surface area (Å²) in [5.74, 6) is -1.07. The van der Waals surface area contributed by atoms with Crippen molar-refractivity contribution >= 4 is 35.0 Å². The fourth-order valence-electron chi connectivity index (χ4n) is 1.64. The molecule has 7 heteroatoms. The highest BCUT2D eigenvalue weighted by molar-refractivity contribution is 8.18. The van der Waals surface area contributed by atoms with E-state index in [1.54, 1.807) is 38.3 Å². The van der Waals surface area contributed by atoms with Gasteiger partial charge in [0.25, 0.3) is 11.1 Å². The number of aromatic nitrogens is 1. The molecule has 20 heavy (non-hydrogen) atoms. The van der Waals surface area contributed by atoms with E-state index in [1.807, 2.05) is 0 Å². The number of thioether (sulfide) groups is 1. The predicted molar refractivity (Wildman–Crippen MR) is 74.7 cm³/mol. The predicted octanol–water partition coefficient (Wildman–Crippen LogP) is 2.00. The van der Waals surface area contributed by atoms with E-state index in [2.05, 4.69) is 4.98 Å². The SMILES string of the molecule is CC(C)OC(=O)CN1C(=O)S/C(=C/c2ccc[nH]2)C1=O. The minimum atomic E-state index is -0.594. The first-order valence-corrected chi connectivity index (χ1v) is 6.87. The highest BCUT2D eigenvalue weighted by Gasteiger charge is 2.36. The Morgan fingerprint density at radius 3 is 2.85 bits per heavy atom. The highest BCUT2D eigenvalue weighted by Crippen LogP contribution is 2.31. The number of carbonyl (C=O) groups excluding carboxylic acids is 3. The molecule has 0 saturated carbocycles. The molecular formula is C13H14N2O4S. The first kappa shape index (κ1) is 14.4. The zero-order valence-electron chi connectivity index (χ0n) is 11.1. The lowest BCUT2D eigenvalue weighted by Gasteiger charge is -2.13. The summed E-state index contributed by atoms with van der Waals surface area (Å²) in [4.78, 5) is 39.4. The van der Waals surface area contributed by atoms with Crippen LogP contribution in [-0.4, -0.2) is 39.6 Å². The normalized spacial score (nSPS) is 17.4. The first-order valence-electron chi connectivity index (χ1n) is 6.05. The van der Waals surface area contributed by atoms with Crippen LogP contribution >= 0.6 is 11.8 Å². The van der Waals surface area contributed by atoms with Crippen LogP contribution < -0.4 is 0 Å². The molecule has 0 aliphatic carbocycles. The molecule has 6 nitrogen and oxygen atoms in total. The van der Waals surface area contributed by atoms with Crippen molar-refractivity contribution in [1.29, 1.82) is 0 Å². The minimum absolute atomic E-state index is 0.281. The number of aromatic amines is 1. The van der Waals surface area contributed by atoms with Crippen molar-refractivity contribution in [2.75, 3.05) is 6.54 Å². The molecule has 0 aromatic carbocycles. The molecule has 0 atom stereocenters. The van der Waals surface area contributed by atoms with Gasteiger partial charge in [-0.25, -0.2) is 0 Å². The number of nitrogens with one attached hydrogen (secondary N) is 1. The van der Waals surface area contributed by atoms with Gasteiger partial charge < -0.3 is 9.72 Å². The average Bonchev–Trinajstić information content (AvgIpc) is 2.93. The van der Waals surface area contributed by atoms with Crippen molar-refractivity contribution in [2.24, 2.45) is 0 Å². The number of esters is 1. The molecule has 1 N–H and O–H groups in total. The van der Waals surface area contributed by atoms with Crippen LogP contribution in [0, 0.1) is 0 Å². The zero-order valence-corrected chi connectivity index (χ0v) is 11.9. The largest absolute Gasteiger partial charge is 0.462 e. The third-order valence-corrected chi connectivity index (χ3v) is 3.34. The Kier molecular flexibility index (Phi) is 4.29. The number of nitrogens with zero attached hydrogens (tertiary/aromatic N) is 1. The number of amides is 2. The topological polar surface area (TPSA) is 79.5 Å². The summed E-state index contributed by atoms with van der Waals surface area (Å²) in [6.07, 6.45) is 3.02. The van der Waals surface area contributed by atoms with Gasteiger partial charge in [-0.05, 0) is 43.8 Å². The molecular weight excluding hydrogens is 280 g/mol. The van der Waals surface area contributed by atoms with Crippen LogP contribution in [0.2, 0.25) is 0 Å². The molecule has 1 aliphatic rings. The maximum absolute atomic E-state index is 12.1. The molecule has 1 fully saturated rings. The van der Waals surface area contributed by atoms with Crippen molar-refractivity contribution in [2.45, 2.75) is 20.0 Å². The fraction of sp³-hybridized carbons (Fsp3) is 0.308. The Morgan fingerprint density at radius 1 is 1.50 bits per heavy atom. The van der Waals surface area contributed by atoms with Gasteiger partial charge >= 0.3 is 5.97 Å². The summed E-state index contributed by atoms with van der Waals surface area (Å²) in [5, 5.41) is -0.464. The monoisotopic (exact) mass is 294 g/mol. The van der Waals surface area contributed by atoms with Gasteiger partial charge in [0.05, 0.1) is 11.0 Å². The van der Waals surface area contributed by atoms with Gasteiger partial charge in [-0.1, -0.05) is 0 Å². The summed E-state index contributed by atoms with van der Waals surface area (Å²) in [5.41, 5.74) is 0.722. The molecule has 0 radical (unpaired) electrons. The van der Waals surface area contributed by atoms with Crippen LogP contribution in [0.25, 0.3) is 6.08 Å². The van der Waals surface area contributed by atoms with Crippen LogP contribution in [0.3, 0.4) is 0 Å². The second-order valence-corrected chi connectivity index (χ2v) is 5.43. The molecule has 106 valence electrons. The van der Waals surface area contributed by atoms with E-state index in [1.165, 1.54) is 0 Å². The molecule has 2 heterocycles. The summed E-state index contributed by atoms with van der Waals surface area (Å²) < 4.78 is 4.93. The van der Waals surface area contributed by atoms with Gasteiger partial charge in [0, 0.05) is 11.9 Å². The molecule has 1 saturated heterocycles. The van der Waals surface area contributed by atoms with Crippen LogP contribution in [0.4, 0.5) is 4.79 Å². The quantitative estimate of drug-likeness (QED) is 0.678. The van der Waals surface area contributed by atoms with Crippen molar-refractivity contribution in [3.8, 4) is 0 Å². The molecule has 0 unspecified atom stereocenters. The summed E-state index contributed by atoms with van der Waals surface area (Å²) >= 11 is 0.812. The third kappa shape index (κ3) is 3.30. The second-order valence-electron chi connectivity index (χ2n) is 4.43. The van der Waals surface area contributed by atoms with Crippen LogP contribution in [0.1, 0.15) is 19.5 Å². The maximum Gasteiger partial charge on any atom is 0.326 e. The van der Waals surface area contributed by atoms with E-state index in [4.69, 9.17) is 4.74 Å². The van der Waals surface area contributed by atoms with E-state index in [9.17, 15) is 14.4 Å². The van der Waals surface area contributed by atoms with Crippen molar-refractivity contribution in [3.63, 3.8) is 0 Å². The zero-order chi connectivity index (χ0) is 14.7. The smallest absolute Gasteiger partial charge is 0.326 e. The van der Waals surface area contributed by atoms with E-state index in [0.717, 1.165) is 22.4 Å². The van der Waals surface area contributed by atoms with Gasteiger partial charge in [-0.15, -0.1) is 0 Å². The second kappa shape index (κ2) is 5.96. The molecule has 0 bridgehead atoms. The molecule has 2 rings (SSSR count).